The van der Waals surface area contributed by atoms with E-state index in [1.165, 1.54) is 6.21 Å². The van der Waals surface area contributed by atoms with E-state index in [0.29, 0.717) is 29.3 Å². The summed E-state index contributed by atoms with van der Waals surface area (Å²) in [7, 11) is 0. The molecule has 0 fully saturated rings. The Bertz CT molecular complexity index is 671. The molecule has 2 aliphatic rings. The van der Waals surface area contributed by atoms with Crippen molar-refractivity contribution in [2.45, 2.75) is 20.3 Å². The van der Waals surface area contributed by atoms with Crippen molar-refractivity contribution >= 4 is 17.8 Å². The fourth-order valence-electron chi connectivity index (χ4n) is 2.29. The van der Waals surface area contributed by atoms with Gasteiger partial charge in [0.25, 0.3) is 5.91 Å². The second-order valence-corrected chi connectivity index (χ2v) is 4.64. The van der Waals surface area contributed by atoms with Gasteiger partial charge in [-0.15, -0.1) is 0 Å². The van der Waals surface area contributed by atoms with Crippen molar-refractivity contribution in [2.24, 2.45) is 4.99 Å². The Morgan fingerprint density at radius 2 is 2.05 bits per heavy atom. The summed E-state index contributed by atoms with van der Waals surface area (Å²) in [6.07, 6.45) is 1.99. The van der Waals surface area contributed by atoms with Crippen LogP contribution in [0.15, 0.2) is 46.4 Å². The zero-order valence-corrected chi connectivity index (χ0v) is 11.4. The first-order valence-electron chi connectivity index (χ1n) is 6.52. The molecule has 20 heavy (non-hydrogen) atoms. The lowest BCUT2D eigenvalue weighted by molar-refractivity contribution is -0.113. The standard InChI is InChI=1S/C15H15N3O2/c1-3-11-14-15(18-20-11)13(16-8-12(19)17-14)10-7-5-4-6-9(10)2/h4-8,18H,3H2,1-2H3,(H,17,19). The second kappa shape index (κ2) is 4.85. The van der Waals surface area contributed by atoms with Gasteiger partial charge in [0.2, 0.25) is 0 Å². The highest BCUT2D eigenvalue weighted by atomic mass is 16.7. The second-order valence-electron chi connectivity index (χ2n) is 4.64. The number of fused-ring (bicyclic) bond motifs is 1. The van der Waals surface area contributed by atoms with Crippen molar-refractivity contribution in [2.75, 3.05) is 0 Å². The van der Waals surface area contributed by atoms with Gasteiger partial charge in [-0.2, -0.15) is 0 Å². The highest BCUT2D eigenvalue weighted by Gasteiger charge is 2.28. The third-order valence-electron chi connectivity index (χ3n) is 3.32. The predicted octanol–water partition coefficient (Wildman–Crippen LogP) is 2.02. The predicted molar refractivity (Wildman–Crippen MR) is 76.3 cm³/mol. The fourth-order valence-corrected chi connectivity index (χ4v) is 2.29. The molecule has 0 unspecified atom stereocenters. The van der Waals surface area contributed by atoms with Gasteiger partial charge in [-0.1, -0.05) is 31.2 Å². The Morgan fingerprint density at radius 1 is 1.25 bits per heavy atom. The number of hydrogen-bond donors (Lipinski definition) is 2. The summed E-state index contributed by atoms with van der Waals surface area (Å²) in [6, 6.07) is 7.92. The van der Waals surface area contributed by atoms with Gasteiger partial charge in [0.15, 0.2) is 5.76 Å². The van der Waals surface area contributed by atoms with Crippen LogP contribution in [0, 0.1) is 6.92 Å². The lowest BCUT2D eigenvalue weighted by atomic mass is 10.0. The number of aryl methyl sites for hydroxylation is 1. The lowest BCUT2D eigenvalue weighted by Gasteiger charge is -2.09. The van der Waals surface area contributed by atoms with E-state index < -0.39 is 0 Å². The van der Waals surface area contributed by atoms with E-state index >= 15 is 0 Å². The third-order valence-corrected chi connectivity index (χ3v) is 3.32. The van der Waals surface area contributed by atoms with Gasteiger partial charge >= 0.3 is 0 Å². The highest BCUT2D eigenvalue weighted by Crippen LogP contribution is 2.31. The normalized spacial score (nSPS) is 17.4. The first-order chi connectivity index (χ1) is 9.70. The number of hydrogen-bond acceptors (Lipinski definition) is 4. The molecule has 0 aliphatic carbocycles. The molecule has 5 nitrogen and oxygen atoms in total. The van der Waals surface area contributed by atoms with E-state index in [1.807, 2.05) is 38.1 Å². The summed E-state index contributed by atoms with van der Waals surface area (Å²) in [5, 5.41) is 2.81. The van der Waals surface area contributed by atoms with Gasteiger partial charge in [0.1, 0.15) is 11.4 Å². The van der Waals surface area contributed by atoms with E-state index in [0.717, 1.165) is 11.1 Å². The zero-order chi connectivity index (χ0) is 14.1. The topological polar surface area (TPSA) is 62.7 Å². The van der Waals surface area contributed by atoms with Crippen LogP contribution in [-0.2, 0) is 9.63 Å². The molecule has 2 heterocycles. The summed E-state index contributed by atoms with van der Waals surface area (Å²) in [4.78, 5) is 21.5. The van der Waals surface area contributed by atoms with Gasteiger partial charge < -0.3 is 10.2 Å². The number of rotatable bonds is 2. The van der Waals surface area contributed by atoms with Crippen LogP contribution in [0.4, 0.5) is 0 Å². The fraction of sp³-hybridized carbons (Fsp3) is 0.200. The number of benzene rings is 1. The summed E-state index contributed by atoms with van der Waals surface area (Å²) in [6.45, 7) is 3.98. The molecular weight excluding hydrogens is 254 g/mol. The molecule has 0 saturated carbocycles. The molecule has 0 radical (unpaired) electrons. The van der Waals surface area contributed by atoms with Crippen LogP contribution in [-0.4, -0.2) is 12.1 Å². The van der Waals surface area contributed by atoms with Crippen LogP contribution in [0.3, 0.4) is 0 Å². The number of nitrogens with one attached hydrogen (secondary N) is 2. The molecule has 102 valence electrons. The molecule has 5 heteroatoms. The smallest absolute Gasteiger partial charge is 0.266 e. The minimum absolute atomic E-state index is 0.251. The summed E-state index contributed by atoms with van der Waals surface area (Å²) < 4.78 is 0. The quantitative estimate of drug-likeness (QED) is 0.863. The van der Waals surface area contributed by atoms with Gasteiger partial charge in [-0.25, -0.2) is 10.5 Å². The molecule has 0 bridgehead atoms. The van der Waals surface area contributed by atoms with E-state index in [1.54, 1.807) is 0 Å². The number of carbonyl (C=O) groups is 1. The molecule has 3 rings (SSSR count). The maximum Gasteiger partial charge on any atom is 0.266 e. The molecule has 2 N–H and O–H groups in total. The molecule has 0 aromatic heterocycles. The monoisotopic (exact) mass is 269 g/mol. The Balaban J connectivity index is 2.21. The number of hydroxylamine groups is 1. The number of amides is 1. The van der Waals surface area contributed by atoms with E-state index in [4.69, 9.17) is 4.84 Å². The Kier molecular flexibility index (Phi) is 3.02. The number of carbonyl (C=O) groups excluding carboxylic acids is 1. The largest absolute Gasteiger partial charge is 0.384 e. The van der Waals surface area contributed by atoms with Crippen LogP contribution in [0.2, 0.25) is 0 Å². The van der Waals surface area contributed by atoms with Crippen molar-refractivity contribution in [1.82, 2.24) is 10.8 Å². The maximum atomic E-state index is 11.7. The SMILES string of the molecule is CCC1=C2NC(=O)C=NC(c3ccccc3C)=C2NO1. The summed E-state index contributed by atoms with van der Waals surface area (Å²) in [5.41, 5.74) is 7.03. The molecule has 1 amide bonds. The van der Waals surface area contributed by atoms with Crippen molar-refractivity contribution in [3.8, 4) is 0 Å². The minimum Gasteiger partial charge on any atom is -0.384 e. The van der Waals surface area contributed by atoms with E-state index in [2.05, 4.69) is 15.8 Å². The maximum absolute atomic E-state index is 11.7. The Hall–Kier alpha value is -2.56. The number of allylic oxidation sites excluding steroid dienone is 1. The zero-order valence-electron chi connectivity index (χ0n) is 11.4. The van der Waals surface area contributed by atoms with Crippen LogP contribution in [0.5, 0.6) is 0 Å². The lowest BCUT2D eigenvalue weighted by Crippen LogP contribution is -2.24. The van der Waals surface area contributed by atoms with Gasteiger partial charge in [0, 0.05) is 12.0 Å². The van der Waals surface area contributed by atoms with Crippen LogP contribution in [0.1, 0.15) is 24.5 Å². The van der Waals surface area contributed by atoms with Gasteiger partial charge in [0.05, 0.1) is 11.9 Å². The van der Waals surface area contributed by atoms with E-state index in [9.17, 15) is 4.79 Å². The average Bonchev–Trinajstić information content (AvgIpc) is 2.76. The molecular formula is C15H15N3O2. The molecule has 0 saturated heterocycles. The molecule has 0 spiro atoms. The van der Waals surface area contributed by atoms with Gasteiger partial charge in [-0.05, 0) is 12.5 Å². The first-order valence-corrected chi connectivity index (χ1v) is 6.52. The first kappa shape index (κ1) is 12.5. The summed E-state index contributed by atoms with van der Waals surface area (Å²) in [5.74, 6) is 0.462. The van der Waals surface area contributed by atoms with Crippen LogP contribution in [0.25, 0.3) is 5.70 Å². The molecule has 2 aliphatic heterocycles. The van der Waals surface area contributed by atoms with Gasteiger partial charge in [-0.3, -0.25) is 4.79 Å². The summed E-state index contributed by atoms with van der Waals surface area (Å²) >= 11 is 0. The van der Waals surface area contributed by atoms with Crippen LogP contribution >= 0.6 is 0 Å². The van der Waals surface area contributed by atoms with Crippen molar-refractivity contribution in [3.63, 3.8) is 0 Å². The Morgan fingerprint density at radius 3 is 2.80 bits per heavy atom. The number of nitrogens with zero attached hydrogens (tertiary/aromatic N) is 1. The highest BCUT2D eigenvalue weighted by molar-refractivity contribution is 6.28. The molecule has 1 aromatic rings. The third kappa shape index (κ3) is 1.97. The van der Waals surface area contributed by atoms with Crippen LogP contribution < -0.4 is 10.8 Å². The van der Waals surface area contributed by atoms with Crippen molar-refractivity contribution in [3.05, 3.63) is 52.5 Å². The van der Waals surface area contributed by atoms with E-state index in [-0.39, 0.29) is 5.91 Å². The van der Waals surface area contributed by atoms with Crippen molar-refractivity contribution in [1.29, 1.82) is 0 Å². The average molecular weight is 269 g/mol. The molecule has 1 aromatic carbocycles. The Labute approximate surface area is 117 Å². The minimum atomic E-state index is -0.251. The number of aliphatic imine (C=N–C) groups is 1. The van der Waals surface area contributed by atoms with Crippen molar-refractivity contribution < 1.29 is 9.63 Å². The molecule has 0 atom stereocenters.